The highest BCUT2D eigenvalue weighted by atomic mass is 16.3. The fraction of sp³-hybridized carbons (Fsp3) is 0.367. The van der Waals surface area contributed by atoms with Crippen LogP contribution in [-0.4, -0.2) is 48.1 Å². The van der Waals surface area contributed by atoms with E-state index in [-0.39, 0.29) is 11.9 Å². The maximum Gasteiger partial charge on any atom is 0.251 e. The van der Waals surface area contributed by atoms with Gasteiger partial charge in [0.25, 0.3) is 5.91 Å². The Morgan fingerprint density at radius 1 is 0.886 bits per heavy atom. The minimum Gasteiger partial charge on any atom is -0.508 e. The Labute approximate surface area is 208 Å². The van der Waals surface area contributed by atoms with Gasteiger partial charge in [-0.05, 0) is 55.7 Å². The number of hydrogen-bond donors (Lipinski definition) is 2. The van der Waals surface area contributed by atoms with E-state index in [1.54, 1.807) is 6.07 Å². The molecular formula is C30H35N3O2. The molecule has 182 valence electrons. The molecule has 3 aromatic carbocycles. The number of carbonyl (C=O) groups is 1. The molecule has 1 saturated heterocycles. The first-order chi connectivity index (χ1) is 17.1. The quantitative estimate of drug-likeness (QED) is 0.515. The number of nitrogens with one attached hydrogen (secondary N) is 1. The number of rotatable bonds is 6. The van der Waals surface area contributed by atoms with E-state index < -0.39 is 0 Å². The van der Waals surface area contributed by atoms with Gasteiger partial charge in [-0.2, -0.15) is 0 Å². The number of benzene rings is 3. The van der Waals surface area contributed by atoms with Gasteiger partial charge in [0.1, 0.15) is 5.75 Å². The van der Waals surface area contributed by atoms with Crippen molar-refractivity contribution in [3.63, 3.8) is 0 Å². The fourth-order valence-corrected chi connectivity index (χ4v) is 5.46. The Hall–Kier alpha value is -3.31. The van der Waals surface area contributed by atoms with Crippen LogP contribution in [-0.2, 0) is 0 Å². The molecule has 0 bridgehead atoms. The van der Waals surface area contributed by atoms with Crippen LogP contribution in [0.4, 0.5) is 5.69 Å². The van der Waals surface area contributed by atoms with E-state index in [0.29, 0.717) is 17.4 Å². The first-order valence-electron chi connectivity index (χ1n) is 12.8. The highest BCUT2D eigenvalue weighted by Crippen LogP contribution is 2.35. The van der Waals surface area contributed by atoms with Gasteiger partial charge in [0.2, 0.25) is 0 Å². The highest BCUT2D eigenvalue weighted by molar-refractivity contribution is 5.94. The molecule has 1 aliphatic heterocycles. The van der Waals surface area contributed by atoms with Crippen molar-refractivity contribution in [2.75, 3.05) is 31.1 Å². The predicted molar refractivity (Wildman–Crippen MR) is 141 cm³/mol. The van der Waals surface area contributed by atoms with Crippen LogP contribution >= 0.6 is 0 Å². The van der Waals surface area contributed by atoms with E-state index in [4.69, 9.17) is 0 Å². The van der Waals surface area contributed by atoms with E-state index in [2.05, 4.69) is 46.3 Å². The van der Waals surface area contributed by atoms with E-state index >= 15 is 0 Å². The number of hydrogen-bond acceptors (Lipinski definition) is 4. The summed E-state index contributed by atoms with van der Waals surface area (Å²) in [5, 5.41) is 13.9. The minimum absolute atomic E-state index is 0.00858. The smallest absolute Gasteiger partial charge is 0.251 e. The Morgan fingerprint density at radius 3 is 2.20 bits per heavy atom. The zero-order valence-electron chi connectivity index (χ0n) is 20.5. The summed E-state index contributed by atoms with van der Waals surface area (Å²) in [5.41, 5.74) is 5.22. The zero-order chi connectivity index (χ0) is 24.2. The lowest BCUT2D eigenvalue weighted by Crippen LogP contribution is -2.48. The average Bonchev–Trinajstić information content (AvgIpc) is 3.40. The molecule has 1 atom stereocenters. The Bertz CT molecular complexity index is 1130. The number of piperazine rings is 1. The molecule has 0 spiro atoms. The second-order valence-electron chi connectivity index (χ2n) is 9.90. The highest BCUT2D eigenvalue weighted by Gasteiger charge is 2.28. The largest absolute Gasteiger partial charge is 0.508 e. The maximum absolute atomic E-state index is 12.7. The average molecular weight is 470 g/mol. The second-order valence-corrected chi connectivity index (χ2v) is 9.90. The standard InChI is InChI=1S/C30H35N3O2/c1-22-10-16-26(17-11-22)32-18-20-33(21-19-32)29(27-8-4-5-9-28(27)34)23-12-14-24(15-13-23)30(35)31-25-6-2-3-7-25/h4-5,8-17,25,29,34H,2-3,6-7,18-21H2,1H3,(H,31,35). The van der Waals surface area contributed by atoms with Crippen molar-refractivity contribution in [3.8, 4) is 5.75 Å². The van der Waals surface area contributed by atoms with Crippen molar-refractivity contribution >= 4 is 11.6 Å². The molecule has 3 aromatic rings. The number of phenolic OH excluding ortho intramolecular Hbond substituents is 1. The lowest BCUT2D eigenvalue weighted by atomic mass is 9.94. The number of nitrogens with zero attached hydrogens (tertiary/aromatic N) is 2. The Balaban J connectivity index is 1.35. The molecule has 5 heteroatoms. The summed E-state index contributed by atoms with van der Waals surface area (Å²) < 4.78 is 0. The van der Waals surface area contributed by atoms with E-state index in [0.717, 1.165) is 50.1 Å². The minimum atomic E-state index is -0.0664. The zero-order valence-corrected chi connectivity index (χ0v) is 20.5. The molecule has 1 saturated carbocycles. The molecule has 1 unspecified atom stereocenters. The third kappa shape index (κ3) is 5.35. The normalized spacial score (nSPS) is 17.9. The van der Waals surface area contributed by atoms with Gasteiger partial charge in [0, 0.05) is 49.0 Å². The monoisotopic (exact) mass is 469 g/mol. The molecule has 1 amide bonds. The van der Waals surface area contributed by atoms with E-state index in [9.17, 15) is 9.90 Å². The van der Waals surface area contributed by atoms with Gasteiger partial charge >= 0.3 is 0 Å². The summed E-state index contributed by atoms with van der Waals surface area (Å²) in [5.74, 6) is 0.316. The maximum atomic E-state index is 12.7. The summed E-state index contributed by atoms with van der Waals surface area (Å²) in [6.45, 7) is 5.74. The molecule has 2 fully saturated rings. The van der Waals surface area contributed by atoms with Gasteiger partial charge in [0.15, 0.2) is 0 Å². The molecule has 1 heterocycles. The molecule has 1 aliphatic carbocycles. The van der Waals surface area contributed by atoms with Crippen molar-refractivity contribution in [1.29, 1.82) is 0 Å². The second kappa shape index (κ2) is 10.5. The van der Waals surface area contributed by atoms with E-state index in [1.807, 2.05) is 42.5 Å². The van der Waals surface area contributed by atoms with Crippen LogP contribution in [0.1, 0.15) is 58.8 Å². The van der Waals surface area contributed by atoms with Crippen molar-refractivity contribution in [2.24, 2.45) is 0 Å². The Kier molecular flexibility index (Phi) is 7.05. The summed E-state index contributed by atoms with van der Waals surface area (Å²) in [6.07, 6.45) is 4.55. The summed E-state index contributed by atoms with van der Waals surface area (Å²) in [4.78, 5) is 17.6. The van der Waals surface area contributed by atoms with Gasteiger partial charge < -0.3 is 15.3 Å². The molecule has 35 heavy (non-hydrogen) atoms. The summed E-state index contributed by atoms with van der Waals surface area (Å²) in [7, 11) is 0. The van der Waals surface area contributed by atoms with Crippen molar-refractivity contribution in [2.45, 2.75) is 44.7 Å². The number of amides is 1. The topological polar surface area (TPSA) is 55.8 Å². The lowest BCUT2D eigenvalue weighted by molar-refractivity contribution is 0.0938. The van der Waals surface area contributed by atoms with Crippen LogP contribution in [0.25, 0.3) is 0 Å². The number of phenols is 1. The SMILES string of the molecule is Cc1ccc(N2CCN(C(c3ccc(C(=O)NC4CCCC4)cc3)c3ccccc3O)CC2)cc1. The molecule has 5 nitrogen and oxygen atoms in total. The van der Waals surface area contributed by atoms with E-state index in [1.165, 1.54) is 24.1 Å². The van der Waals surface area contributed by atoms with Crippen LogP contribution < -0.4 is 10.2 Å². The van der Waals surface area contributed by atoms with Crippen LogP contribution in [0.2, 0.25) is 0 Å². The first kappa shape index (κ1) is 23.4. The lowest BCUT2D eigenvalue weighted by Gasteiger charge is -2.40. The number of anilines is 1. The Morgan fingerprint density at radius 2 is 1.54 bits per heavy atom. The molecule has 0 radical (unpaired) electrons. The van der Waals surface area contributed by atoms with Gasteiger partial charge in [0.05, 0.1) is 6.04 Å². The van der Waals surface area contributed by atoms with Crippen molar-refractivity contribution < 1.29 is 9.90 Å². The van der Waals surface area contributed by atoms with Crippen LogP contribution in [0.3, 0.4) is 0 Å². The first-order valence-corrected chi connectivity index (χ1v) is 12.8. The summed E-state index contributed by atoms with van der Waals surface area (Å²) in [6, 6.07) is 24.5. The summed E-state index contributed by atoms with van der Waals surface area (Å²) >= 11 is 0. The fourth-order valence-electron chi connectivity index (χ4n) is 5.46. The molecule has 2 N–H and O–H groups in total. The van der Waals surface area contributed by atoms with Crippen molar-refractivity contribution in [1.82, 2.24) is 10.2 Å². The molecule has 2 aliphatic rings. The van der Waals surface area contributed by atoms with Crippen LogP contribution in [0.15, 0.2) is 72.8 Å². The van der Waals surface area contributed by atoms with Gasteiger partial charge in [-0.25, -0.2) is 0 Å². The third-order valence-electron chi connectivity index (χ3n) is 7.49. The predicted octanol–water partition coefficient (Wildman–Crippen LogP) is 5.28. The number of aryl methyl sites for hydroxylation is 1. The van der Waals surface area contributed by atoms with Crippen LogP contribution in [0.5, 0.6) is 5.75 Å². The van der Waals surface area contributed by atoms with Crippen molar-refractivity contribution in [3.05, 3.63) is 95.1 Å². The third-order valence-corrected chi connectivity index (χ3v) is 7.49. The number of carbonyl (C=O) groups excluding carboxylic acids is 1. The number of para-hydroxylation sites is 1. The molecule has 0 aromatic heterocycles. The van der Waals surface area contributed by atoms with Gasteiger partial charge in [-0.15, -0.1) is 0 Å². The molecular weight excluding hydrogens is 434 g/mol. The van der Waals surface area contributed by atoms with Crippen LogP contribution in [0, 0.1) is 6.92 Å². The molecule has 5 rings (SSSR count). The van der Waals surface area contributed by atoms with Gasteiger partial charge in [-0.1, -0.05) is 60.9 Å². The number of aromatic hydroxyl groups is 1. The van der Waals surface area contributed by atoms with Gasteiger partial charge in [-0.3, -0.25) is 9.69 Å².